The molecule has 1 aliphatic carbocycles. The lowest BCUT2D eigenvalue weighted by molar-refractivity contribution is -0.115. The first kappa shape index (κ1) is 22.9. The first-order valence-electron chi connectivity index (χ1n) is 11.0. The van der Waals surface area contributed by atoms with Crippen LogP contribution in [0.25, 0.3) is 12.2 Å². The first-order chi connectivity index (χ1) is 15.9. The largest absolute Gasteiger partial charge is 0.354 e. The standard InChI is InChI=1S/C25H27N3O4S/c1-3-24(29)26-25-17(2)27-32-23(25)16-13-18-11-14-20(15-12-18)33(30,31)28-22-10-6-8-19-7-4-5-9-21(19)22/h4-5,7,9,11-16,22,28H,3,6,8,10H2,1-2H3,(H,26,29)/b16-13-. The van der Waals surface area contributed by atoms with Gasteiger partial charge in [0.2, 0.25) is 15.9 Å². The van der Waals surface area contributed by atoms with Crippen molar-refractivity contribution in [2.24, 2.45) is 0 Å². The van der Waals surface area contributed by atoms with Gasteiger partial charge in [-0.05, 0) is 61.1 Å². The molecule has 1 heterocycles. The highest BCUT2D eigenvalue weighted by molar-refractivity contribution is 7.89. The highest BCUT2D eigenvalue weighted by atomic mass is 32.2. The molecule has 0 fully saturated rings. The van der Waals surface area contributed by atoms with Crippen molar-refractivity contribution in [2.45, 2.75) is 50.5 Å². The second-order valence-corrected chi connectivity index (χ2v) is 9.79. The molecule has 2 N–H and O–H groups in total. The van der Waals surface area contributed by atoms with Crippen molar-refractivity contribution in [3.05, 3.63) is 76.7 Å². The molecule has 7 nitrogen and oxygen atoms in total. The average Bonchev–Trinajstić information content (AvgIpc) is 3.17. The second-order valence-electron chi connectivity index (χ2n) is 8.08. The molecular formula is C25H27N3O4S. The van der Waals surface area contributed by atoms with Gasteiger partial charge in [-0.1, -0.05) is 54.6 Å². The molecule has 2 aromatic carbocycles. The van der Waals surface area contributed by atoms with E-state index in [0.717, 1.165) is 30.4 Å². The summed E-state index contributed by atoms with van der Waals surface area (Å²) in [6.07, 6.45) is 6.54. The number of amides is 1. The Hall–Kier alpha value is -3.23. The monoisotopic (exact) mass is 465 g/mol. The summed E-state index contributed by atoms with van der Waals surface area (Å²) >= 11 is 0. The van der Waals surface area contributed by atoms with Gasteiger partial charge in [0.25, 0.3) is 0 Å². The van der Waals surface area contributed by atoms with Gasteiger partial charge in [-0.25, -0.2) is 13.1 Å². The molecule has 8 heteroatoms. The smallest absolute Gasteiger partial charge is 0.241 e. The highest BCUT2D eigenvalue weighted by Gasteiger charge is 2.25. The molecule has 0 saturated heterocycles. The van der Waals surface area contributed by atoms with Gasteiger partial charge in [-0.3, -0.25) is 4.79 Å². The Morgan fingerprint density at radius 3 is 2.67 bits per heavy atom. The Kier molecular flexibility index (Phi) is 6.76. The summed E-state index contributed by atoms with van der Waals surface area (Å²) in [5.74, 6) is 0.308. The van der Waals surface area contributed by atoms with Gasteiger partial charge in [0, 0.05) is 12.5 Å². The van der Waals surface area contributed by atoms with Gasteiger partial charge in [0.05, 0.1) is 4.90 Å². The third-order valence-electron chi connectivity index (χ3n) is 5.76. The number of carbonyl (C=O) groups is 1. The van der Waals surface area contributed by atoms with Crippen molar-refractivity contribution >= 4 is 33.8 Å². The van der Waals surface area contributed by atoms with E-state index in [2.05, 4.69) is 21.3 Å². The Morgan fingerprint density at radius 1 is 1.15 bits per heavy atom. The number of benzene rings is 2. The van der Waals surface area contributed by atoms with Crippen molar-refractivity contribution < 1.29 is 17.7 Å². The lowest BCUT2D eigenvalue weighted by atomic mass is 9.88. The minimum Gasteiger partial charge on any atom is -0.354 e. The predicted octanol–water partition coefficient (Wildman–Crippen LogP) is 4.86. The van der Waals surface area contributed by atoms with Crippen molar-refractivity contribution in [1.29, 1.82) is 0 Å². The van der Waals surface area contributed by atoms with Gasteiger partial charge in [-0.2, -0.15) is 0 Å². The molecule has 172 valence electrons. The molecule has 0 bridgehead atoms. The summed E-state index contributed by atoms with van der Waals surface area (Å²) in [4.78, 5) is 11.9. The zero-order valence-electron chi connectivity index (χ0n) is 18.7. The molecule has 1 amide bonds. The zero-order valence-corrected chi connectivity index (χ0v) is 19.5. The maximum absolute atomic E-state index is 13.0. The van der Waals surface area contributed by atoms with Crippen molar-refractivity contribution in [3.8, 4) is 0 Å². The van der Waals surface area contributed by atoms with E-state index in [4.69, 9.17) is 4.52 Å². The molecule has 33 heavy (non-hydrogen) atoms. The number of nitrogens with one attached hydrogen (secondary N) is 2. The van der Waals surface area contributed by atoms with Crippen molar-refractivity contribution in [1.82, 2.24) is 9.88 Å². The van der Waals surface area contributed by atoms with Crippen LogP contribution < -0.4 is 10.0 Å². The van der Waals surface area contributed by atoms with Crippen LogP contribution in [-0.2, 0) is 21.2 Å². The van der Waals surface area contributed by atoms with Crippen LogP contribution in [0.4, 0.5) is 5.69 Å². The summed E-state index contributed by atoms with van der Waals surface area (Å²) in [6.45, 7) is 3.52. The van der Waals surface area contributed by atoms with E-state index in [9.17, 15) is 13.2 Å². The third kappa shape index (κ3) is 5.23. The molecular weight excluding hydrogens is 438 g/mol. The number of hydrogen-bond acceptors (Lipinski definition) is 5. The summed E-state index contributed by atoms with van der Waals surface area (Å²) in [7, 11) is -3.66. The van der Waals surface area contributed by atoms with E-state index in [-0.39, 0.29) is 16.8 Å². The van der Waals surface area contributed by atoms with Gasteiger partial charge in [0.15, 0.2) is 5.76 Å². The molecule has 0 saturated carbocycles. The number of nitrogens with zero attached hydrogens (tertiary/aromatic N) is 1. The van der Waals surface area contributed by atoms with E-state index < -0.39 is 10.0 Å². The van der Waals surface area contributed by atoms with E-state index in [1.807, 2.05) is 18.2 Å². The molecule has 3 aromatic rings. The SMILES string of the molecule is CCC(=O)Nc1c(C)noc1/C=C\c1ccc(S(=O)(=O)NC2CCCc3ccccc32)cc1. The van der Waals surface area contributed by atoms with E-state index >= 15 is 0 Å². The summed E-state index contributed by atoms with van der Waals surface area (Å²) in [5, 5.41) is 6.69. The predicted molar refractivity (Wildman–Crippen MR) is 128 cm³/mol. The molecule has 1 aromatic heterocycles. The van der Waals surface area contributed by atoms with E-state index in [1.165, 1.54) is 5.56 Å². The second kappa shape index (κ2) is 9.72. The number of aromatic nitrogens is 1. The number of sulfonamides is 1. The molecule has 0 aliphatic heterocycles. The molecule has 0 radical (unpaired) electrons. The Bertz CT molecular complexity index is 1280. The summed E-state index contributed by atoms with van der Waals surface area (Å²) in [5.41, 5.74) is 4.18. The maximum atomic E-state index is 13.0. The van der Waals surface area contributed by atoms with Crippen LogP contribution in [0.3, 0.4) is 0 Å². The van der Waals surface area contributed by atoms with E-state index in [1.54, 1.807) is 50.3 Å². The first-order valence-corrected chi connectivity index (χ1v) is 12.5. The van der Waals surface area contributed by atoms with E-state index in [0.29, 0.717) is 23.6 Å². The number of anilines is 1. The van der Waals surface area contributed by atoms with Crippen LogP contribution in [0.2, 0.25) is 0 Å². The van der Waals surface area contributed by atoms with Crippen LogP contribution in [0, 0.1) is 6.92 Å². The number of fused-ring (bicyclic) bond motifs is 1. The number of aryl methyl sites for hydroxylation is 2. The normalized spacial score (nSPS) is 16.0. The van der Waals surface area contributed by atoms with Gasteiger partial charge >= 0.3 is 0 Å². The van der Waals surface area contributed by atoms with Crippen LogP contribution in [-0.4, -0.2) is 19.5 Å². The Morgan fingerprint density at radius 2 is 1.91 bits per heavy atom. The number of carbonyl (C=O) groups excluding carboxylic acids is 1. The molecule has 1 aliphatic rings. The summed E-state index contributed by atoms with van der Waals surface area (Å²) < 4.78 is 34.1. The lowest BCUT2D eigenvalue weighted by Gasteiger charge is -2.26. The summed E-state index contributed by atoms with van der Waals surface area (Å²) in [6, 6.07) is 14.4. The lowest BCUT2D eigenvalue weighted by Crippen LogP contribution is -2.31. The van der Waals surface area contributed by atoms with Crippen LogP contribution in [0.5, 0.6) is 0 Å². The van der Waals surface area contributed by atoms with Crippen LogP contribution >= 0.6 is 0 Å². The highest BCUT2D eigenvalue weighted by Crippen LogP contribution is 2.31. The fourth-order valence-corrected chi connectivity index (χ4v) is 5.19. The van der Waals surface area contributed by atoms with Crippen molar-refractivity contribution in [2.75, 3.05) is 5.32 Å². The fourth-order valence-electron chi connectivity index (χ4n) is 3.94. The quantitative estimate of drug-likeness (QED) is 0.519. The van der Waals surface area contributed by atoms with Gasteiger partial charge < -0.3 is 9.84 Å². The fraction of sp³-hybridized carbons (Fsp3) is 0.280. The maximum Gasteiger partial charge on any atom is 0.241 e. The zero-order chi connectivity index (χ0) is 23.4. The Labute approximate surface area is 193 Å². The Balaban J connectivity index is 1.48. The van der Waals surface area contributed by atoms with Crippen molar-refractivity contribution in [3.63, 3.8) is 0 Å². The third-order valence-corrected chi connectivity index (χ3v) is 7.25. The van der Waals surface area contributed by atoms with Gasteiger partial charge in [-0.15, -0.1) is 0 Å². The molecule has 1 atom stereocenters. The minimum atomic E-state index is -3.66. The number of rotatable bonds is 7. The van der Waals surface area contributed by atoms with Crippen LogP contribution in [0.1, 0.15) is 60.4 Å². The molecule has 4 rings (SSSR count). The molecule has 1 unspecified atom stereocenters. The minimum absolute atomic E-state index is 0.126. The topological polar surface area (TPSA) is 101 Å². The van der Waals surface area contributed by atoms with Crippen LogP contribution in [0.15, 0.2) is 57.9 Å². The molecule has 0 spiro atoms. The number of hydrogen-bond donors (Lipinski definition) is 2. The average molecular weight is 466 g/mol. The van der Waals surface area contributed by atoms with Gasteiger partial charge in [0.1, 0.15) is 11.4 Å².